The molecule has 0 saturated heterocycles. The summed E-state index contributed by atoms with van der Waals surface area (Å²) in [5, 5.41) is 3.65. The predicted octanol–water partition coefficient (Wildman–Crippen LogP) is 4.53. The smallest absolute Gasteiger partial charge is 0.0210 e. The van der Waals surface area contributed by atoms with Crippen LogP contribution in [0.5, 0.6) is 0 Å². The van der Waals surface area contributed by atoms with E-state index in [9.17, 15) is 0 Å². The van der Waals surface area contributed by atoms with Crippen molar-refractivity contribution in [2.45, 2.75) is 67.0 Å². The van der Waals surface area contributed by atoms with Gasteiger partial charge in [0.2, 0.25) is 0 Å². The molecule has 0 saturated carbocycles. The zero-order chi connectivity index (χ0) is 13.7. The SMILES string of the molecule is CCC(C)CC(C)NCc1cc(C)c(C)cc1C. The van der Waals surface area contributed by atoms with Gasteiger partial charge < -0.3 is 5.32 Å². The summed E-state index contributed by atoms with van der Waals surface area (Å²) in [6.45, 7) is 14.5. The molecular formula is C17H29N. The van der Waals surface area contributed by atoms with Crippen LogP contribution < -0.4 is 5.32 Å². The molecular weight excluding hydrogens is 218 g/mol. The fourth-order valence-corrected chi connectivity index (χ4v) is 2.35. The van der Waals surface area contributed by atoms with Gasteiger partial charge in [0.05, 0.1) is 0 Å². The lowest BCUT2D eigenvalue weighted by Gasteiger charge is -2.19. The van der Waals surface area contributed by atoms with Gasteiger partial charge in [-0.25, -0.2) is 0 Å². The molecule has 1 rings (SSSR count). The average molecular weight is 247 g/mol. The van der Waals surface area contributed by atoms with Crippen LogP contribution in [-0.2, 0) is 6.54 Å². The molecule has 0 amide bonds. The second-order valence-corrected chi connectivity index (χ2v) is 5.89. The van der Waals surface area contributed by atoms with E-state index in [2.05, 4.69) is 59.0 Å². The van der Waals surface area contributed by atoms with Crippen molar-refractivity contribution >= 4 is 0 Å². The first kappa shape index (κ1) is 15.2. The Balaban J connectivity index is 2.55. The normalized spacial score (nSPS) is 14.6. The molecule has 0 bridgehead atoms. The van der Waals surface area contributed by atoms with Crippen molar-refractivity contribution < 1.29 is 0 Å². The molecule has 0 spiro atoms. The summed E-state index contributed by atoms with van der Waals surface area (Å²) in [5.41, 5.74) is 5.63. The van der Waals surface area contributed by atoms with Crippen LogP contribution in [0.2, 0.25) is 0 Å². The summed E-state index contributed by atoms with van der Waals surface area (Å²) in [6, 6.07) is 5.22. The van der Waals surface area contributed by atoms with Crippen LogP contribution in [0.3, 0.4) is 0 Å². The van der Waals surface area contributed by atoms with Gasteiger partial charge in [-0.05, 0) is 62.3 Å². The molecule has 0 radical (unpaired) electrons. The Bertz CT molecular complexity index is 381. The molecule has 102 valence electrons. The predicted molar refractivity (Wildman–Crippen MR) is 81.0 cm³/mol. The van der Waals surface area contributed by atoms with Crippen molar-refractivity contribution in [3.8, 4) is 0 Å². The van der Waals surface area contributed by atoms with Crippen LogP contribution in [0.1, 0.15) is 55.9 Å². The van der Waals surface area contributed by atoms with Gasteiger partial charge in [-0.2, -0.15) is 0 Å². The molecule has 1 heteroatoms. The summed E-state index contributed by atoms with van der Waals surface area (Å²) in [6.07, 6.45) is 2.54. The molecule has 1 aromatic rings. The minimum absolute atomic E-state index is 0.598. The van der Waals surface area contributed by atoms with Crippen molar-refractivity contribution in [1.29, 1.82) is 0 Å². The maximum absolute atomic E-state index is 3.65. The third kappa shape index (κ3) is 4.45. The van der Waals surface area contributed by atoms with Gasteiger partial charge in [-0.1, -0.05) is 32.4 Å². The van der Waals surface area contributed by atoms with E-state index < -0.39 is 0 Å². The van der Waals surface area contributed by atoms with Gasteiger partial charge in [-0.3, -0.25) is 0 Å². The Hall–Kier alpha value is -0.820. The van der Waals surface area contributed by atoms with E-state index in [-0.39, 0.29) is 0 Å². The average Bonchev–Trinajstić information content (AvgIpc) is 2.32. The lowest BCUT2D eigenvalue weighted by molar-refractivity contribution is 0.412. The van der Waals surface area contributed by atoms with Crippen molar-refractivity contribution in [3.05, 3.63) is 34.4 Å². The largest absolute Gasteiger partial charge is 0.310 e. The molecule has 0 aliphatic rings. The molecule has 1 N–H and O–H groups in total. The Morgan fingerprint density at radius 3 is 2.22 bits per heavy atom. The Morgan fingerprint density at radius 1 is 1.00 bits per heavy atom. The van der Waals surface area contributed by atoms with Gasteiger partial charge in [0, 0.05) is 12.6 Å². The molecule has 1 nitrogen and oxygen atoms in total. The van der Waals surface area contributed by atoms with Crippen LogP contribution in [0.25, 0.3) is 0 Å². The quantitative estimate of drug-likeness (QED) is 0.779. The minimum Gasteiger partial charge on any atom is -0.310 e. The first-order valence-corrected chi connectivity index (χ1v) is 7.24. The molecule has 0 aliphatic heterocycles. The maximum atomic E-state index is 3.65. The highest BCUT2D eigenvalue weighted by Crippen LogP contribution is 2.16. The van der Waals surface area contributed by atoms with Crippen molar-refractivity contribution in [2.24, 2.45) is 5.92 Å². The van der Waals surface area contributed by atoms with E-state index >= 15 is 0 Å². The van der Waals surface area contributed by atoms with Crippen LogP contribution >= 0.6 is 0 Å². The van der Waals surface area contributed by atoms with Gasteiger partial charge in [0.15, 0.2) is 0 Å². The number of benzene rings is 1. The summed E-state index contributed by atoms with van der Waals surface area (Å²) in [5.74, 6) is 0.813. The summed E-state index contributed by atoms with van der Waals surface area (Å²) < 4.78 is 0. The highest BCUT2D eigenvalue weighted by molar-refractivity contribution is 5.36. The molecule has 0 aromatic heterocycles. The standard InChI is InChI=1S/C17H29N/c1-7-12(2)8-16(6)18-11-17-10-14(4)13(3)9-15(17)5/h9-10,12,16,18H,7-8,11H2,1-6H3. The van der Waals surface area contributed by atoms with Gasteiger partial charge in [0.1, 0.15) is 0 Å². The fourth-order valence-electron chi connectivity index (χ4n) is 2.35. The van der Waals surface area contributed by atoms with Crippen LogP contribution in [0.4, 0.5) is 0 Å². The zero-order valence-corrected chi connectivity index (χ0v) is 12.9. The zero-order valence-electron chi connectivity index (χ0n) is 12.9. The Labute approximate surface area is 113 Å². The minimum atomic E-state index is 0.598. The second-order valence-electron chi connectivity index (χ2n) is 5.89. The van der Waals surface area contributed by atoms with E-state index in [4.69, 9.17) is 0 Å². The fraction of sp³-hybridized carbons (Fsp3) is 0.647. The van der Waals surface area contributed by atoms with Gasteiger partial charge in [-0.15, -0.1) is 0 Å². The van der Waals surface area contributed by atoms with E-state index in [0.29, 0.717) is 6.04 Å². The number of nitrogens with one attached hydrogen (secondary N) is 1. The molecule has 2 unspecified atom stereocenters. The molecule has 0 fully saturated rings. The Kier molecular flexibility index (Phi) is 5.87. The van der Waals surface area contributed by atoms with Crippen molar-refractivity contribution in [2.75, 3.05) is 0 Å². The van der Waals surface area contributed by atoms with E-state index in [1.54, 1.807) is 0 Å². The highest BCUT2D eigenvalue weighted by Gasteiger charge is 2.08. The molecule has 0 aliphatic carbocycles. The van der Waals surface area contributed by atoms with Gasteiger partial charge in [0.25, 0.3) is 0 Å². The summed E-state index contributed by atoms with van der Waals surface area (Å²) in [4.78, 5) is 0. The lowest BCUT2D eigenvalue weighted by Crippen LogP contribution is -2.27. The lowest BCUT2D eigenvalue weighted by atomic mass is 9.98. The second kappa shape index (κ2) is 6.94. The molecule has 2 atom stereocenters. The van der Waals surface area contributed by atoms with E-state index in [1.807, 2.05) is 0 Å². The first-order chi connectivity index (χ1) is 8.43. The number of hydrogen-bond acceptors (Lipinski definition) is 1. The summed E-state index contributed by atoms with van der Waals surface area (Å²) in [7, 11) is 0. The third-order valence-electron chi connectivity index (χ3n) is 4.05. The van der Waals surface area contributed by atoms with Crippen LogP contribution in [-0.4, -0.2) is 6.04 Å². The first-order valence-electron chi connectivity index (χ1n) is 7.24. The molecule has 18 heavy (non-hydrogen) atoms. The number of hydrogen-bond donors (Lipinski definition) is 1. The third-order valence-corrected chi connectivity index (χ3v) is 4.05. The number of rotatable bonds is 6. The van der Waals surface area contributed by atoms with E-state index in [1.165, 1.54) is 35.1 Å². The maximum Gasteiger partial charge on any atom is 0.0210 e. The topological polar surface area (TPSA) is 12.0 Å². The van der Waals surface area contributed by atoms with Crippen molar-refractivity contribution in [3.63, 3.8) is 0 Å². The highest BCUT2D eigenvalue weighted by atomic mass is 14.9. The molecule has 1 aromatic carbocycles. The van der Waals surface area contributed by atoms with Gasteiger partial charge >= 0.3 is 0 Å². The van der Waals surface area contributed by atoms with Crippen LogP contribution in [0.15, 0.2) is 12.1 Å². The van der Waals surface area contributed by atoms with Crippen LogP contribution in [0, 0.1) is 26.7 Å². The Morgan fingerprint density at radius 2 is 1.61 bits per heavy atom. The summed E-state index contributed by atoms with van der Waals surface area (Å²) >= 11 is 0. The van der Waals surface area contributed by atoms with Crippen molar-refractivity contribution in [1.82, 2.24) is 5.32 Å². The molecule has 0 heterocycles. The number of aryl methyl sites for hydroxylation is 3. The monoisotopic (exact) mass is 247 g/mol. The van der Waals surface area contributed by atoms with E-state index in [0.717, 1.165) is 12.5 Å².